The van der Waals surface area contributed by atoms with Crippen molar-refractivity contribution in [2.75, 3.05) is 7.11 Å². The van der Waals surface area contributed by atoms with E-state index in [4.69, 9.17) is 10.5 Å². The van der Waals surface area contributed by atoms with Crippen molar-refractivity contribution >= 4 is 5.57 Å². The Bertz CT molecular complexity index is 824. The molecule has 27 heavy (non-hydrogen) atoms. The number of phenolic OH excluding ortho intramolecular Hbond substituents is 2. The minimum atomic E-state index is -0.955. The van der Waals surface area contributed by atoms with Gasteiger partial charge in [-0.3, -0.25) is 0 Å². The number of hydrogen-bond acceptors (Lipinski definition) is 5. The fraction of sp³-hybridized carbons (Fsp3) is 0.476. The Morgan fingerprint density at radius 1 is 1.33 bits per heavy atom. The molecule has 1 aliphatic rings. The molecule has 6 heteroatoms. The van der Waals surface area contributed by atoms with Crippen molar-refractivity contribution in [1.82, 2.24) is 9.55 Å². The van der Waals surface area contributed by atoms with E-state index in [0.29, 0.717) is 17.7 Å². The molecule has 146 valence electrons. The van der Waals surface area contributed by atoms with Crippen LogP contribution in [0.25, 0.3) is 5.57 Å². The maximum absolute atomic E-state index is 10.4. The number of imidazole rings is 1. The monoisotopic (exact) mass is 371 g/mol. The highest BCUT2D eigenvalue weighted by atomic mass is 16.5. The van der Waals surface area contributed by atoms with Gasteiger partial charge in [-0.25, -0.2) is 4.98 Å². The van der Waals surface area contributed by atoms with E-state index in [9.17, 15) is 10.2 Å². The van der Waals surface area contributed by atoms with Crippen molar-refractivity contribution in [2.45, 2.75) is 56.7 Å². The lowest BCUT2D eigenvalue weighted by atomic mass is 9.66. The molecule has 1 unspecified atom stereocenters. The lowest BCUT2D eigenvalue weighted by molar-refractivity contribution is -0.0829. The van der Waals surface area contributed by atoms with Crippen LogP contribution in [0.15, 0.2) is 37.3 Å². The Balaban J connectivity index is 2.09. The molecule has 1 atom stereocenters. The Morgan fingerprint density at radius 3 is 2.59 bits per heavy atom. The number of rotatable bonds is 6. The third-order valence-corrected chi connectivity index (χ3v) is 5.90. The molecule has 1 fully saturated rings. The van der Waals surface area contributed by atoms with Gasteiger partial charge >= 0.3 is 0 Å². The fourth-order valence-corrected chi connectivity index (χ4v) is 4.33. The molecule has 2 aromatic rings. The van der Waals surface area contributed by atoms with Crippen LogP contribution in [0, 0.1) is 6.92 Å². The van der Waals surface area contributed by atoms with Gasteiger partial charge in [0, 0.05) is 31.5 Å². The number of hydrogen-bond donors (Lipinski definition) is 3. The Kier molecular flexibility index (Phi) is 5.31. The van der Waals surface area contributed by atoms with Gasteiger partial charge in [0.05, 0.1) is 23.2 Å². The van der Waals surface area contributed by atoms with Crippen LogP contribution >= 0.6 is 0 Å². The molecular formula is C21H29N3O3. The molecule has 1 aromatic heterocycles. The van der Waals surface area contributed by atoms with E-state index in [1.807, 2.05) is 17.7 Å². The van der Waals surface area contributed by atoms with E-state index >= 15 is 0 Å². The molecule has 1 heterocycles. The predicted octanol–water partition coefficient (Wildman–Crippen LogP) is 3.36. The van der Waals surface area contributed by atoms with Gasteiger partial charge in [0.15, 0.2) is 0 Å². The number of nitrogens with two attached hydrogens (primary N) is 1. The summed E-state index contributed by atoms with van der Waals surface area (Å²) in [6.45, 7) is 6.64. The van der Waals surface area contributed by atoms with Crippen molar-refractivity contribution in [3.05, 3.63) is 48.6 Å². The first-order valence-electron chi connectivity index (χ1n) is 9.35. The van der Waals surface area contributed by atoms with E-state index in [0.717, 1.165) is 37.8 Å². The maximum Gasteiger partial charge on any atom is 0.126 e. The number of aromatic nitrogens is 2. The average molecular weight is 371 g/mol. The predicted molar refractivity (Wildman–Crippen MR) is 106 cm³/mol. The van der Waals surface area contributed by atoms with Gasteiger partial charge in [-0.05, 0) is 37.5 Å². The van der Waals surface area contributed by atoms with Gasteiger partial charge in [0.1, 0.15) is 11.5 Å². The Morgan fingerprint density at radius 2 is 2.04 bits per heavy atom. The van der Waals surface area contributed by atoms with Crippen molar-refractivity contribution in [3.63, 3.8) is 0 Å². The van der Waals surface area contributed by atoms with Crippen molar-refractivity contribution in [1.29, 1.82) is 0 Å². The lowest BCUT2D eigenvalue weighted by Gasteiger charge is -2.51. The number of benzene rings is 1. The van der Waals surface area contributed by atoms with Crippen LogP contribution < -0.4 is 5.73 Å². The highest BCUT2D eigenvalue weighted by Crippen LogP contribution is 2.47. The number of aromatic hydroxyl groups is 2. The topological polar surface area (TPSA) is 93.5 Å². The second-order valence-corrected chi connectivity index (χ2v) is 7.60. The van der Waals surface area contributed by atoms with Gasteiger partial charge in [0.2, 0.25) is 0 Å². The molecule has 0 bridgehead atoms. The molecule has 0 amide bonds. The van der Waals surface area contributed by atoms with E-state index in [2.05, 4.69) is 11.6 Å². The first-order chi connectivity index (χ1) is 12.8. The summed E-state index contributed by atoms with van der Waals surface area (Å²) < 4.78 is 8.03. The van der Waals surface area contributed by atoms with Crippen LogP contribution in [0.5, 0.6) is 11.5 Å². The zero-order valence-electron chi connectivity index (χ0n) is 16.1. The molecule has 1 saturated carbocycles. The minimum absolute atomic E-state index is 0.00368. The van der Waals surface area contributed by atoms with Crippen LogP contribution in [0.2, 0.25) is 0 Å². The molecular weight excluding hydrogens is 342 g/mol. The zero-order valence-corrected chi connectivity index (χ0v) is 16.1. The number of methoxy groups -OCH3 is 1. The van der Waals surface area contributed by atoms with Crippen molar-refractivity contribution in [2.24, 2.45) is 5.73 Å². The van der Waals surface area contributed by atoms with Gasteiger partial charge in [-0.15, -0.1) is 0 Å². The summed E-state index contributed by atoms with van der Waals surface area (Å²) in [7, 11) is 1.70. The standard InChI is InChI=1S/C21H29N3O3/c1-15-12-24(14-23-15)13-21(22,20(27-3)9-5-4-6-10-20)16(2)18-8-7-17(25)11-19(18)26/h7-8,11-12,14,25-26H,2,4-6,9-10,13,22H2,1,3H3. The number of phenols is 2. The normalized spacial score (nSPS) is 18.8. The maximum atomic E-state index is 10.4. The van der Waals surface area contributed by atoms with Crippen LogP contribution in [-0.2, 0) is 11.3 Å². The Hall–Kier alpha value is -2.31. The second-order valence-electron chi connectivity index (χ2n) is 7.60. The van der Waals surface area contributed by atoms with Crippen molar-refractivity contribution in [3.8, 4) is 11.5 Å². The summed E-state index contributed by atoms with van der Waals surface area (Å²) in [5.74, 6) is -0.0465. The summed E-state index contributed by atoms with van der Waals surface area (Å²) in [6, 6.07) is 4.49. The average Bonchev–Trinajstić information content (AvgIpc) is 3.06. The van der Waals surface area contributed by atoms with Gasteiger partial charge in [-0.1, -0.05) is 25.8 Å². The van der Waals surface area contributed by atoms with E-state index in [1.54, 1.807) is 19.5 Å². The third-order valence-electron chi connectivity index (χ3n) is 5.90. The second kappa shape index (κ2) is 7.37. The molecule has 0 aliphatic heterocycles. The highest BCUT2D eigenvalue weighted by molar-refractivity contribution is 5.77. The van der Waals surface area contributed by atoms with Gasteiger partial charge in [-0.2, -0.15) is 0 Å². The molecule has 4 N–H and O–H groups in total. The summed E-state index contributed by atoms with van der Waals surface area (Å²) in [5, 5.41) is 20.1. The summed E-state index contributed by atoms with van der Waals surface area (Å²) in [4.78, 5) is 4.31. The van der Waals surface area contributed by atoms with Crippen molar-refractivity contribution < 1.29 is 14.9 Å². The van der Waals surface area contributed by atoms with Crippen LogP contribution in [-0.4, -0.2) is 38.0 Å². The minimum Gasteiger partial charge on any atom is -0.508 e. The number of aryl methyl sites for hydroxylation is 1. The van der Waals surface area contributed by atoms with Gasteiger partial charge < -0.3 is 25.3 Å². The smallest absolute Gasteiger partial charge is 0.126 e. The SMILES string of the molecule is C=C(c1ccc(O)cc1O)C(N)(Cn1cnc(C)c1)C1(OC)CCCCC1. The lowest BCUT2D eigenvalue weighted by Crippen LogP contribution is -2.64. The third kappa shape index (κ3) is 3.47. The molecule has 0 radical (unpaired) electrons. The molecule has 6 nitrogen and oxygen atoms in total. The van der Waals surface area contributed by atoms with Crippen LogP contribution in [0.4, 0.5) is 0 Å². The zero-order chi connectivity index (χ0) is 19.7. The Labute approximate surface area is 160 Å². The number of ether oxygens (including phenoxy) is 1. The van der Waals surface area contributed by atoms with E-state index in [1.165, 1.54) is 12.1 Å². The summed E-state index contributed by atoms with van der Waals surface area (Å²) in [5.41, 5.74) is 7.57. The molecule has 1 aliphatic carbocycles. The summed E-state index contributed by atoms with van der Waals surface area (Å²) in [6.07, 6.45) is 8.57. The van der Waals surface area contributed by atoms with E-state index in [-0.39, 0.29) is 11.5 Å². The quantitative estimate of drug-likeness (QED) is 0.724. The largest absolute Gasteiger partial charge is 0.508 e. The summed E-state index contributed by atoms with van der Waals surface area (Å²) >= 11 is 0. The molecule has 3 rings (SSSR count). The molecule has 0 saturated heterocycles. The first kappa shape index (κ1) is 19.5. The van der Waals surface area contributed by atoms with Gasteiger partial charge in [0.25, 0.3) is 0 Å². The highest BCUT2D eigenvalue weighted by Gasteiger charge is 2.52. The first-order valence-corrected chi connectivity index (χ1v) is 9.35. The molecule has 0 spiro atoms. The van der Waals surface area contributed by atoms with Crippen LogP contribution in [0.3, 0.4) is 0 Å². The fourth-order valence-electron chi connectivity index (χ4n) is 4.33. The van der Waals surface area contributed by atoms with Crippen LogP contribution in [0.1, 0.15) is 43.4 Å². The molecule has 1 aromatic carbocycles. The van der Waals surface area contributed by atoms with E-state index < -0.39 is 11.1 Å². The number of nitrogens with zero attached hydrogens (tertiary/aromatic N) is 2.